The molecule has 1 saturated heterocycles. The SMILES string of the molecule is Cc1cc(C(N)CCCC2CCCO2)cc(C)n1. The van der Waals surface area contributed by atoms with Crippen LogP contribution in [0, 0.1) is 13.8 Å². The van der Waals surface area contributed by atoms with Crippen LogP contribution in [0.15, 0.2) is 12.1 Å². The summed E-state index contributed by atoms with van der Waals surface area (Å²) in [5, 5.41) is 0. The average Bonchev–Trinajstić information content (AvgIpc) is 2.80. The summed E-state index contributed by atoms with van der Waals surface area (Å²) in [6.07, 6.45) is 6.26. The van der Waals surface area contributed by atoms with Crippen LogP contribution in [-0.4, -0.2) is 17.7 Å². The molecule has 2 heterocycles. The Labute approximate surface area is 110 Å². The van der Waals surface area contributed by atoms with E-state index in [0.717, 1.165) is 37.3 Å². The van der Waals surface area contributed by atoms with E-state index in [1.807, 2.05) is 13.8 Å². The zero-order chi connectivity index (χ0) is 13.0. The first kappa shape index (κ1) is 13.5. The number of ether oxygens (including phenoxy) is 1. The summed E-state index contributed by atoms with van der Waals surface area (Å²) in [5.74, 6) is 0. The molecule has 1 aliphatic rings. The van der Waals surface area contributed by atoms with E-state index in [0.29, 0.717) is 6.10 Å². The molecular weight excluding hydrogens is 224 g/mol. The lowest BCUT2D eigenvalue weighted by Crippen LogP contribution is -2.13. The highest BCUT2D eigenvalue weighted by molar-refractivity contribution is 5.23. The molecule has 0 bridgehead atoms. The third-order valence-corrected chi connectivity index (χ3v) is 3.60. The van der Waals surface area contributed by atoms with E-state index in [1.165, 1.54) is 18.4 Å². The van der Waals surface area contributed by atoms with Crippen molar-refractivity contribution in [3.05, 3.63) is 29.1 Å². The van der Waals surface area contributed by atoms with Crippen molar-refractivity contribution in [1.29, 1.82) is 0 Å². The summed E-state index contributed by atoms with van der Waals surface area (Å²) < 4.78 is 5.63. The summed E-state index contributed by atoms with van der Waals surface area (Å²) in [4.78, 5) is 4.38. The van der Waals surface area contributed by atoms with Gasteiger partial charge in [-0.1, -0.05) is 0 Å². The van der Waals surface area contributed by atoms with Crippen LogP contribution in [0.1, 0.15) is 55.1 Å². The van der Waals surface area contributed by atoms with Crippen LogP contribution in [0.4, 0.5) is 0 Å². The van der Waals surface area contributed by atoms with E-state index in [1.54, 1.807) is 0 Å². The Morgan fingerprint density at radius 3 is 2.72 bits per heavy atom. The molecular formula is C15H24N2O. The van der Waals surface area contributed by atoms with Crippen molar-refractivity contribution in [1.82, 2.24) is 4.98 Å². The third-order valence-electron chi connectivity index (χ3n) is 3.60. The van der Waals surface area contributed by atoms with E-state index >= 15 is 0 Å². The summed E-state index contributed by atoms with van der Waals surface area (Å²) in [7, 11) is 0. The molecule has 100 valence electrons. The van der Waals surface area contributed by atoms with Crippen LogP contribution < -0.4 is 5.73 Å². The molecule has 3 nitrogen and oxygen atoms in total. The van der Waals surface area contributed by atoms with Gasteiger partial charge in [0, 0.05) is 24.0 Å². The Balaban J connectivity index is 1.81. The summed E-state index contributed by atoms with van der Waals surface area (Å²) in [6.45, 7) is 4.99. The number of pyridine rings is 1. The number of nitrogens with two attached hydrogens (primary N) is 1. The number of aromatic nitrogens is 1. The third kappa shape index (κ3) is 3.79. The zero-order valence-electron chi connectivity index (χ0n) is 11.5. The average molecular weight is 248 g/mol. The van der Waals surface area contributed by atoms with Gasteiger partial charge in [0.1, 0.15) is 0 Å². The molecule has 0 amide bonds. The van der Waals surface area contributed by atoms with Gasteiger partial charge in [-0.05, 0) is 63.6 Å². The minimum atomic E-state index is 0.131. The Hall–Kier alpha value is -0.930. The maximum atomic E-state index is 6.25. The van der Waals surface area contributed by atoms with Gasteiger partial charge in [0.2, 0.25) is 0 Å². The van der Waals surface area contributed by atoms with Gasteiger partial charge in [-0.2, -0.15) is 0 Å². The molecule has 0 spiro atoms. The lowest BCUT2D eigenvalue weighted by atomic mass is 9.99. The van der Waals surface area contributed by atoms with E-state index < -0.39 is 0 Å². The van der Waals surface area contributed by atoms with Crippen molar-refractivity contribution >= 4 is 0 Å². The van der Waals surface area contributed by atoms with Crippen molar-refractivity contribution in [2.45, 2.75) is 58.1 Å². The molecule has 1 aromatic rings. The molecule has 18 heavy (non-hydrogen) atoms. The summed E-state index contributed by atoms with van der Waals surface area (Å²) in [5.41, 5.74) is 9.57. The standard InChI is InChI=1S/C15H24N2O/c1-11-9-13(10-12(2)17-11)15(16)7-3-5-14-6-4-8-18-14/h9-10,14-15H,3-8,16H2,1-2H3. The Kier molecular flexibility index (Phi) is 4.72. The second-order valence-corrected chi connectivity index (χ2v) is 5.36. The van der Waals surface area contributed by atoms with Crippen molar-refractivity contribution in [3.63, 3.8) is 0 Å². The molecule has 2 atom stereocenters. The number of hydrogen-bond donors (Lipinski definition) is 1. The Morgan fingerprint density at radius 1 is 1.39 bits per heavy atom. The molecule has 0 aromatic carbocycles. The first-order valence-electron chi connectivity index (χ1n) is 6.97. The fourth-order valence-corrected chi connectivity index (χ4v) is 2.68. The molecule has 3 heteroatoms. The molecule has 1 aliphatic heterocycles. The first-order valence-corrected chi connectivity index (χ1v) is 6.97. The number of rotatable bonds is 5. The van der Waals surface area contributed by atoms with E-state index in [9.17, 15) is 0 Å². The van der Waals surface area contributed by atoms with Crippen LogP contribution >= 0.6 is 0 Å². The van der Waals surface area contributed by atoms with Crippen LogP contribution in [0.25, 0.3) is 0 Å². The molecule has 2 rings (SSSR count). The number of nitrogens with zero attached hydrogens (tertiary/aromatic N) is 1. The molecule has 2 N–H and O–H groups in total. The van der Waals surface area contributed by atoms with Crippen LogP contribution in [0.3, 0.4) is 0 Å². The smallest absolute Gasteiger partial charge is 0.0576 e. The molecule has 0 radical (unpaired) electrons. The van der Waals surface area contributed by atoms with Crippen molar-refractivity contribution in [3.8, 4) is 0 Å². The largest absolute Gasteiger partial charge is 0.378 e. The first-order chi connectivity index (χ1) is 8.65. The second kappa shape index (κ2) is 6.30. The number of hydrogen-bond acceptors (Lipinski definition) is 3. The highest BCUT2D eigenvalue weighted by Crippen LogP contribution is 2.22. The van der Waals surface area contributed by atoms with Gasteiger partial charge in [-0.3, -0.25) is 4.98 Å². The van der Waals surface area contributed by atoms with Gasteiger partial charge in [0.05, 0.1) is 6.10 Å². The molecule has 2 unspecified atom stereocenters. The maximum Gasteiger partial charge on any atom is 0.0576 e. The molecule has 0 aliphatic carbocycles. The molecule has 0 saturated carbocycles. The Bertz CT molecular complexity index is 366. The van der Waals surface area contributed by atoms with E-state index in [4.69, 9.17) is 10.5 Å². The van der Waals surface area contributed by atoms with Gasteiger partial charge in [-0.25, -0.2) is 0 Å². The minimum absolute atomic E-state index is 0.131. The van der Waals surface area contributed by atoms with Gasteiger partial charge >= 0.3 is 0 Å². The quantitative estimate of drug-likeness (QED) is 0.871. The number of aryl methyl sites for hydroxylation is 2. The van der Waals surface area contributed by atoms with E-state index in [2.05, 4.69) is 17.1 Å². The monoisotopic (exact) mass is 248 g/mol. The highest BCUT2D eigenvalue weighted by atomic mass is 16.5. The Morgan fingerprint density at radius 2 is 2.11 bits per heavy atom. The van der Waals surface area contributed by atoms with Crippen molar-refractivity contribution < 1.29 is 4.74 Å². The predicted molar refractivity (Wildman–Crippen MR) is 73.5 cm³/mol. The van der Waals surface area contributed by atoms with Crippen LogP contribution in [0.5, 0.6) is 0 Å². The van der Waals surface area contributed by atoms with Crippen LogP contribution in [-0.2, 0) is 4.74 Å². The lowest BCUT2D eigenvalue weighted by Gasteiger charge is -2.15. The van der Waals surface area contributed by atoms with Gasteiger partial charge in [0.25, 0.3) is 0 Å². The van der Waals surface area contributed by atoms with Crippen molar-refractivity contribution in [2.75, 3.05) is 6.61 Å². The fraction of sp³-hybridized carbons (Fsp3) is 0.667. The summed E-state index contributed by atoms with van der Waals surface area (Å²) >= 11 is 0. The van der Waals surface area contributed by atoms with Gasteiger partial charge in [0.15, 0.2) is 0 Å². The van der Waals surface area contributed by atoms with Crippen LogP contribution in [0.2, 0.25) is 0 Å². The zero-order valence-corrected chi connectivity index (χ0v) is 11.5. The minimum Gasteiger partial charge on any atom is -0.378 e. The topological polar surface area (TPSA) is 48.1 Å². The van der Waals surface area contributed by atoms with Crippen molar-refractivity contribution in [2.24, 2.45) is 5.73 Å². The van der Waals surface area contributed by atoms with Gasteiger partial charge in [-0.15, -0.1) is 0 Å². The predicted octanol–water partition coefficient (Wildman–Crippen LogP) is 3.05. The lowest BCUT2D eigenvalue weighted by molar-refractivity contribution is 0.101. The summed E-state index contributed by atoms with van der Waals surface area (Å²) in [6, 6.07) is 4.33. The highest BCUT2D eigenvalue weighted by Gasteiger charge is 2.15. The molecule has 1 aromatic heterocycles. The second-order valence-electron chi connectivity index (χ2n) is 5.36. The normalized spacial score (nSPS) is 21.2. The fourth-order valence-electron chi connectivity index (χ4n) is 2.68. The van der Waals surface area contributed by atoms with E-state index in [-0.39, 0.29) is 6.04 Å². The maximum absolute atomic E-state index is 6.25. The van der Waals surface area contributed by atoms with Gasteiger partial charge < -0.3 is 10.5 Å². The molecule has 1 fully saturated rings.